The molecule has 0 radical (unpaired) electrons. The summed E-state index contributed by atoms with van der Waals surface area (Å²) in [6, 6.07) is 7.60. The number of fused-ring (bicyclic) bond motifs is 2. The minimum Gasteiger partial charge on any atom is -0.377 e. The second-order valence-electron chi connectivity index (χ2n) is 4.36. The topological polar surface area (TPSA) is 32.7 Å². The lowest BCUT2D eigenvalue weighted by atomic mass is 9.55. The molecule has 1 aromatic rings. The summed E-state index contributed by atoms with van der Waals surface area (Å²) in [6.07, 6.45) is 5.28. The third-order valence-electron chi connectivity index (χ3n) is 3.33. The van der Waals surface area contributed by atoms with Crippen LogP contribution < -0.4 is 0 Å². The summed E-state index contributed by atoms with van der Waals surface area (Å²) < 4.78 is 0. The molecule has 16 heavy (non-hydrogen) atoms. The van der Waals surface area contributed by atoms with Crippen LogP contribution in [0.3, 0.4) is 0 Å². The van der Waals surface area contributed by atoms with Crippen molar-refractivity contribution in [2.75, 3.05) is 6.54 Å². The maximum Gasteiger partial charge on any atom is 0.303 e. The molecule has 1 fully saturated rings. The Balaban J connectivity index is 2.06. The Morgan fingerprint density at radius 3 is 3.06 bits per heavy atom. The molecule has 2 heterocycles. The summed E-state index contributed by atoms with van der Waals surface area (Å²) in [7, 11) is 0. The van der Waals surface area contributed by atoms with E-state index in [1.807, 2.05) is 35.2 Å². The van der Waals surface area contributed by atoms with Crippen molar-refractivity contribution in [1.82, 2.24) is 4.81 Å². The molecule has 2 aliphatic rings. The van der Waals surface area contributed by atoms with E-state index in [2.05, 4.69) is 4.99 Å². The van der Waals surface area contributed by atoms with Gasteiger partial charge < -0.3 is 4.81 Å². The summed E-state index contributed by atoms with van der Waals surface area (Å²) in [4.78, 5) is 18.7. The second-order valence-corrected chi connectivity index (χ2v) is 4.36. The van der Waals surface area contributed by atoms with Crippen LogP contribution >= 0.6 is 0 Å². The highest BCUT2D eigenvalue weighted by molar-refractivity contribution is 6.85. The van der Waals surface area contributed by atoms with Crippen LogP contribution in [-0.2, 0) is 0 Å². The summed E-state index contributed by atoms with van der Waals surface area (Å²) in [5.74, 6) is 0.137. The second kappa shape index (κ2) is 3.78. The van der Waals surface area contributed by atoms with E-state index in [0.29, 0.717) is 0 Å². The Kier molecular flexibility index (Phi) is 2.27. The summed E-state index contributed by atoms with van der Waals surface area (Å²) in [6.45, 7) is 1.07. The molecule has 0 aliphatic carbocycles. The number of nitrogens with zero attached hydrogens (tertiary/aromatic N) is 2. The maximum atomic E-state index is 12.3. The molecule has 2 aliphatic heterocycles. The lowest BCUT2D eigenvalue weighted by molar-refractivity contribution is 0.0851. The minimum atomic E-state index is 0.137. The quantitative estimate of drug-likeness (QED) is 0.606. The van der Waals surface area contributed by atoms with Gasteiger partial charge in [-0.15, -0.1) is 0 Å². The fourth-order valence-electron chi connectivity index (χ4n) is 2.45. The molecule has 80 valence electrons. The number of amides is 1. The first kappa shape index (κ1) is 9.64. The van der Waals surface area contributed by atoms with Crippen molar-refractivity contribution in [2.24, 2.45) is 4.99 Å². The molecule has 1 aromatic carbocycles. The first-order valence-corrected chi connectivity index (χ1v) is 5.80. The highest BCUT2D eigenvalue weighted by Gasteiger charge is 2.32. The molecule has 0 spiro atoms. The van der Waals surface area contributed by atoms with Gasteiger partial charge in [0.15, 0.2) is 0 Å². The third kappa shape index (κ3) is 1.45. The van der Waals surface area contributed by atoms with Gasteiger partial charge in [0.25, 0.3) is 0 Å². The van der Waals surface area contributed by atoms with Crippen LogP contribution in [0.2, 0.25) is 6.32 Å². The van der Waals surface area contributed by atoms with E-state index < -0.39 is 0 Å². The Labute approximate surface area is 95.3 Å². The molecule has 0 N–H and O–H groups in total. The SMILES string of the molecule is O=C1c2ccccc2N=CB2CCCCN21. The first-order valence-electron chi connectivity index (χ1n) is 5.80. The van der Waals surface area contributed by atoms with Crippen molar-refractivity contribution in [1.29, 1.82) is 0 Å². The van der Waals surface area contributed by atoms with Gasteiger partial charge in [-0.3, -0.25) is 9.79 Å². The van der Waals surface area contributed by atoms with Crippen LogP contribution in [0.1, 0.15) is 23.2 Å². The summed E-state index contributed by atoms with van der Waals surface area (Å²) in [5.41, 5.74) is 1.55. The molecule has 0 unspecified atom stereocenters. The molecule has 0 aromatic heterocycles. The van der Waals surface area contributed by atoms with Crippen LogP contribution in [-0.4, -0.2) is 30.2 Å². The van der Waals surface area contributed by atoms with Gasteiger partial charge >= 0.3 is 6.85 Å². The number of para-hydroxylation sites is 1. The van der Waals surface area contributed by atoms with E-state index in [0.717, 1.165) is 30.5 Å². The monoisotopic (exact) mass is 212 g/mol. The molecule has 4 heteroatoms. The molecule has 3 nitrogen and oxygen atoms in total. The van der Waals surface area contributed by atoms with Gasteiger partial charge in [0.05, 0.1) is 11.3 Å². The number of hydrogen-bond donors (Lipinski definition) is 0. The Morgan fingerprint density at radius 1 is 1.25 bits per heavy atom. The highest BCUT2D eigenvalue weighted by Crippen LogP contribution is 2.26. The van der Waals surface area contributed by atoms with Crippen molar-refractivity contribution < 1.29 is 4.79 Å². The molecule has 1 saturated heterocycles. The molecule has 3 rings (SSSR count). The standard InChI is InChI=1S/C12H13BN2O/c16-12-10-5-1-2-6-11(10)14-9-13-7-3-4-8-15(12)13/h1-2,5-6,9H,3-4,7-8H2. The Bertz CT molecular complexity index is 458. The highest BCUT2D eigenvalue weighted by atomic mass is 16.2. The predicted molar refractivity (Wildman–Crippen MR) is 65.4 cm³/mol. The number of aliphatic imine (C=N–C) groups is 1. The lowest BCUT2D eigenvalue weighted by Crippen LogP contribution is -2.47. The molecular weight excluding hydrogens is 199 g/mol. The van der Waals surface area contributed by atoms with Gasteiger partial charge in [-0.1, -0.05) is 18.6 Å². The number of benzene rings is 1. The van der Waals surface area contributed by atoms with E-state index in [1.54, 1.807) is 0 Å². The van der Waals surface area contributed by atoms with Crippen LogP contribution in [0.15, 0.2) is 29.3 Å². The van der Waals surface area contributed by atoms with Crippen LogP contribution in [0.25, 0.3) is 0 Å². The van der Waals surface area contributed by atoms with Gasteiger partial charge in [0.2, 0.25) is 5.91 Å². The molecule has 0 bridgehead atoms. The fourth-order valence-corrected chi connectivity index (χ4v) is 2.45. The average molecular weight is 212 g/mol. The summed E-state index contributed by atoms with van der Waals surface area (Å²) in [5, 5.41) is 0. The minimum absolute atomic E-state index is 0.137. The zero-order valence-corrected chi connectivity index (χ0v) is 9.10. The van der Waals surface area contributed by atoms with Crippen molar-refractivity contribution in [3.8, 4) is 0 Å². The summed E-state index contributed by atoms with van der Waals surface area (Å²) >= 11 is 0. The van der Waals surface area contributed by atoms with E-state index in [4.69, 9.17) is 0 Å². The average Bonchev–Trinajstić information content (AvgIpc) is 2.49. The van der Waals surface area contributed by atoms with E-state index in [1.165, 1.54) is 6.42 Å². The first-order chi connectivity index (χ1) is 7.86. The fraction of sp³-hybridized carbons (Fsp3) is 0.333. The van der Waals surface area contributed by atoms with Crippen molar-refractivity contribution in [2.45, 2.75) is 19.2 Å². The number of hydrogen-bond acceptors (Lipinski definition) is 2. The van der Waals surface area contributed by atoms with Gasteiger partial charge in [-0.2, -0.15) is 0 Å². The number of rotatable bonds is 0. The smallest absolute Gasteiger partial charge is 0.303 e. The van der Waals surface area contributed by atoms with Crippen molar-refractivity contribution in [3.05, 3.63) is 29.8 Å². The normalized spacial score (nSPS) is 19.1. The van der Waals surface area contributed by atoms with Crippen LogP contribution in [0, 0.1) is 0 Å². The van der Waals surface area contributed by atoms with Gasteiger partial charge in [-0.05, 0) is 31.0 Å². The van der Waals surface area contributed by atoms with E-state index >= 15 is 0 Å². The largest absolute Gasteiger partial charge is 0.377 e. The lowest BCUT2D eigenvalue weighted by Gasteiger charge is -2.30. The van der Waals surface area contributed by atoms with E-state index in [-0.39, 0.29) is 12.8 Å². The van der Waals surface area contributed by atoms with E-state index in [9.17, 15) is 4.79 Å². The molecule has 1 amide bonds. The Hall–Kier alpha value is -1.58. The number of carbonyl (C=O) groups is 1. The van der Waals surface area contributed by atoms with Crippen molar-refractivity contribution in [3.63, 3.8) is 0 Å². The Morgan fingerprint density at radius 2 is 2.12 bits per heavy atom. The number of carbonyl (C=O) groups excluding carboxylic acids is 1. The van der Waals surface area contributed by atoms with Crippen LogP contribution in [0.4, 0.5) is 5.69 Å². The van der Waals surface area contributed by atoms with Gasteiger partial charge in [0.1, 0.15) is 0 Å². The zero-order valence-electron chi connectivity index (χ0n) is 9.10. The van der Waals surface area contributed by atoms with Gasteiger partial charge in [0, 0.05) is 6.54 Å². The predicted octanol–water partition coefficient (Wildman–Crippen LogP) is 2.17. The maximum absolute atomic E-state index is 12.3. The molecular formula is C12H13BN2O. The van der Waals surface area contributed by atoms with Gasteiger partial charge in [-0.25, -0.2) is 0 Å². The third-order valence-corrected chi connectivity index (χ3v) is 3.33. The van der Waals surface area contributed by atoms with Crippen LogP contribution in [0.5, 0.6) is 0 Å². The van der Waals surface area contributed by atoms with Crippen molar-refractivity contribution >= 4 is 24.6 Å². The molecule has 0 atom stereocenters. The zero-order chi connectivity index (χ0) is 11.0. The molecule has 0 saturated carbocycles.